The van der Waals surface area contributed by atoms with Gasteiger partial charge in [0.2, 0.25) is 5.91 Å². The van der Waals surface area contributed by atoms with Crippen LogP contribution in [-0.4, -0.2) is 32.3 Å². The van der Waals surface area contributed by atoms with Gasteiger partial charge in [-0.3, -0.25) is 4.79 Å². The van der Waals surface area contributed by atoms with E-state index in [9.17, 15) is 4.79 Å². The number of hydrogen-bond donors (Lipinski definition) is 0. The van der Waals surface area contributed by atoms with Crippen LogP contribution in [0.15, 0.2) is 30.6 Å². The predicted octanol–water partition coefficient (Wildman–Crippen LogP) is 2.95. The van der Waals surface area contributed by atoms with Crippen molar-refractivity contribution in [2.45, 2.75) is 51.2 Å². The Morgan fingerprint density at radius 1 is 1.33 bits per heavy atom. The lowest BCUT2D eigenvalue weighted by Crippen LogP contribution is -2.44. The van der Waals surface area contributed by atoms with Crippen LogP contribution in [-0.2, 0) is 37.1 Å². The molecule has 2 heterocycles. The van der Waals surface area contributed by atoms with E-state index in [0.29, 0.717) is 6.54 Å². The summed E-state index contributed by atoms with van der Waals surface area (Å²) in [6.45, 7) is 1.56. The molecule has 1 unspecified atom stereocenters. The molecular formula is C19H22ClN3O. The molecule has 2 aromatic rings. The lowest BCUT2D eigenvalue weighted by molar-refractivity contribution is -0.132. The molecule has 1 aliphatic carbocycles. The van der Waals surface area contributed by atoms with Crippen LogP contribution in [0.1, 0.15) is 35.4 Å². The van der Waals surface area contributed by atoms with Crippen molar-refractivity contribution in [2.75, 3.05) is 5.88 Å². The average molecular weight is 344 g/mol. The van der Waals surface area contributed by atoms with Gasteiger partial charge in [-0.05, 0) is 42.4 Å². The molecule has 1 aromatic carbocycles. The number of carbonyl (C=O) groups excluding carboxylic acids is 1. The van der Waals surface area contributed by atoms with Crippen LogP contribution in [0.5, 0.6) is 0 Å². The number of carbonyl (C=O) groups is 1. The first-order valence-corrected chi connectivity index (χ1v) is 9.24. The lowest BCUT2D eigenvalue weighted by Gasteiger charge is -2.34. The van der Waals surface area contributed by atoms with Crippen molar-refractivity contribution in [1.82, 2.24) is 14.5 Å². The number of imidazole rings is 1. The number of rotatable bonds is 4. The maximum atomic E-state index is 12.5. The molecular weight excluding hydrogens is 322 g/mol. The van der Waals surface area contributed by atoms with Gasteiger partial charge in [0.25, 0.3) is 0 Å². The number of fused-ring (bicyclic) bond motifs is 2. The van der Waals surface area contributed by atoms with E-state index in [4.69, 9.17) is 11.6 Å². The maximum Gasteiger partial charge on any atom is 0.238 e. The molecule has 24 heavy (non-hydrogen) atoms. The molecule has 0 saturated carbocycles. The number of benzene rings is 1. The normalized spacial score (nSPS) is 19.0. The Kier molecular flexibility index (Phi) is 4.31. The number of aromatic nitrogens is 2. The Labute approximate surface area is 147 Å². The Morgan fingerprint density at radius 3 is 3.08 bits per heavy atom. The van der Waals surface area contributed by atoms with Crippen LogP contribution >= 0.6 is 11.6 Å². The van der Waals surface area contributed by atoms with Gasteiger partial charge in [-0.1, -0.05) is 18.2 Å². The van der Waals surface area contributed by atoms with Crippen molar-refractivity contribution in [3.8, 4) is 0 Å². The van der Waals surface area contributed by atoms with Gasteiger partial charge in [-0.25, -0.2) is 4.98 Å². The third-order valence-corrected chi connectivity index (χ3v) is 5.54. The summed E-state index contributed by atoms with van der Waals surface area (Å²) in [5.41, 5.74) is 4.13. The number of nitrogens with zero attached hydrogens (tertiary/aromatic N) is 3. The van der Waals surface area contributed by atoms with Crippen LogP contribution in [0, 0.1) is 0 Å². The van der Waals surface area contributed by atoms with Crippen molar-refractivity contribution < 1.29 is 4.79 Å². The Balaban J connectivity index is 1.55. The molecule has 0 fully saturated rings. The summed E-state index contributed by atoms with van der Waals surface area (Å²) in [4.78, 5) is 18.8. The van der Waals surface area contributed by atoms with Gasteiger partial charge in [0.1, 0.15) is 11.7 Å². The predicted molar refractivity (Wildman–Crippen MR) is 94.1 cm³/mol. The maximum absolute atomic E-state index is 12.5. The highest BCUT2D eigenvalue weighted by Gasteiger charge is 2.28. The Bertz CT molecular complexity index is 755. The van der Waals surface area contributed by atoms with Gasteiger partial charge in [-0.2, -0.15) is 0 Å². The van der Waals surface area contributed by atoms with Crippen molar-refractivity contribution in [3.63, 3.8) is 0 Å². The minimum atomic E-state index is 0.0159. The van der Waals surface area contributed by atoms with Crippen molar-refractivity contribution in [3.05, 3.63) is 53.1 Å². The number of alkyl halides is 1. The second-order valence-corrected chi connectivity index (χ2v) is 7.06. The summed E-state index contributed by atoms with van der Waals surface area (Å²) in [5.74, 6) is 1.12. The lowest BCUT2D eigenvalue weighted by atomic mass is 10.0. The van der Waals surface area contributed by atoms with Gasteiger partial charge in [-0.15, -0.1) is 11.6 Å². The molecule has 1 atom stereocenters. The number of halogens is 1. The van der Waals surface area contributed by atoms with E-state index in [1.165, 1.54) is 29.5 Å². The van der Waals surface area contributed by atoms with Crippen molar-refractivity contribution >= 4 is 17.5 Å². The van der Waals surface area contributed by atoms with E-state index in [2.05, 4.69) is 27.8 Å². The van der Waals surface area contributed by atoms with Gasteiger partial charge >= 0.3 is 0 Å². The zero-order valence-corrected chi connectivity index (χ0v) is 14.5. The van der Waals surface area contributed by atoms with E-state index in [1.54, 1.807) is 0 Å². The van der Waals surface area contributed by atoms with E-state index >= 15 is 0 Å². The van der Waals surface area contributed by atoms with Gasteiger partial charge < -0.3 is 9.47 Å². The van der Waals surface area contributed by atoms with Crippen LogP contribution in [0.2, 0.25) is 0 Å². The van der Waals surface area contributed by atoms with Gasteiger partial charge in [0, 0.05) is 37.9 Å². The second kappa shape index (κ2) is 6.60. The standard InChI is InChI=1S/C19H22ClN3O/c20-12-19(24)23(17-6-8-22-9-7-21-18(22)11-17)13-14-4-5-15-2-1-3-16(15)10-14/h4-5,7,9-10,17H,1-3,6,8,11-13H2. The molecule has 126 valence electrons. The fourth-order valence-electron chi connectivity index (χ4n) is 4.02. The van der Waals surface area contributed by atoms with E-state index in [-0.39, 0.29) is 17.8 Å². The number of hydrogen-bond acceptors (Lipinski definition) is 2. The summed E-state index contributed by atoms with van der Waals surface area (Å²) in [7, 11) is 0. The summed E-state index contributed by atoms with van der Waals surface area (Å²) in [5, 5.41) is 0. The third kappa shape index (κ3) is 2.95. The zero-order chi connectivity index (χ0) is 16.5. The molecule has 1 aromatic heterocycles. The Hall–Kier alpha value is -1.81. The van der Waals surface area contributed by atoms with Crippen LogP contribution < -0.4 is 0 Å². The molecule has 4 rings (SSSR count). The molecule has 4 nitrogen and oxygen atoms in total. The monoisotopic (exact) mass is 343 g/mol. The van der Waals surface area contributed by atoms with Crippen LogP contribution in [0.25, 0.3) is 0 Å². The first-order chi connectivity index (χ1) is 11.7. The molecule has 2 aliphatic rings. The Morgan fingerprint density at radius 2 is 2.21 bits per heavy atom. The van der Waals surface area contributed by atoms with Crippen molar-refractivity contribution in [2.24, 2.45) is 0 Å². The fraction of sp³-hybridized carbons (Fsp3) is 0.474. The molecule has 1 amide bonds. The largest absolute Gasteiger partial charge is 0.335 e. The smallest absolute Gasteiger partial charge is 0.238 e. The SMILES string of the molecule is O=C(CCl)N(Cc1ccc2c(c1)CCC2)C1CCn2ccnc2C1. The summed E-state index contributed by atoms with van der Waals surface area (Å²) in [6.07, 6.45) is 9.20. The highest BCUT2D eigenvalue weighted by Crippen LogP contribution is 2.25. The average Bonchev–Trinajstić information content (AvgIpc) is 3.26. The first-order valence-electron chi connectivity index (χ1n) is 8.70. The molecule has 1 aliphatic heterocycles. The minimum Gasteiger partial charge on any atom is -0.335 e. The molecule has 0 N–H and O–H groups in total. The van der Waals surface area contributed by atoms with E-state index < -0.39 is 0 Å². The quantitative estimate of drug-likeness (QED) is 0.800. The summed E-state index contributed by atoms with van der Waals surface area (Å²) >= 11 is 5.89. The second-order valence-electron chi connectivity index (χ2n) is 6.80. The van der Waals surface area contributed by atoms with Gasteiger partial charge in [0.05, 0.1) is 0 Å². The summed E-state index contributed by atoms with van der Waals surface area (Å²) < 4.78 is 2.18. The van der Waals surface area contributed by atoms with Crippen LogP contribution in [0.4, 0.5) is 0 Å². The highest BCUT2D eigenvalue weighted by atomic mass is 35.5. The molecule has 0 spiro atoms. The minimum absolute atomic E-state index is 0.0159. The third-order valence-electron chi connectivity index (χ3n) is 5.31. The topological polar surface area (TPSA) is 38.1 Å². The number of aryl methyl sites for hydroxylation is 3. The summed E-state index contributed by atoms with van der Waals surface area (Å²) in [6, 6.07) is 6.86. The molecule has 0 bridgehead atoms. The van der Waals surface area contributed by atoms with Gasteiger partial charge in [0.15, 0.2) is 0 Å². The van der Waals surface area contributed by atoms with E-state index in [0.717, 1.165) is 31.6 Å². The van der Waals surface area contributed by atoms with E-state index in [1.807, 2.05) is 17.3 Å². The van der Waals surface area contributed by atoms with Crippen molar-refractivity contribution in [1.29, 1.82) is 0 Å². The molecule has 5 heteroatoms. The highest BCUT2D eigenvalue weighted by molar-refractivity contribution is 6.27. The zero-order valence-electron chi connectivity index (χ0n) is 13.7. The first kappa shape index (κ1) is 15.7. The molecule has 0 saturated heterocycles. The molecule has 0 radical (unpaired) electrons. The fourth-order valence-corrected chi connectivity index (χ4v) is 4.17. The number of amides is 1. The van der Waals surface area contributed by atoms with Crippen LogP contribution in [0.3, 0.4) is 0 Å².